The van der Waals surface area contributed by atoms with Gasteiger partial charge in [0.2, 0.25) is 0 Å². The zero-order chi connectivity index (χ0) is 27.0. The van der Waals surface area contributed by atoms with Crippen LogP contribution < -0.4 is 10.7 Å². The van der Waals surface area contributed by atoms with Crippen LogP contribution in [0.15, 0.2) is 84.0 Å². The summed E-state index contributed by atoms with van der Waals surface area (Å²) in [5.41, 5.74) is 6.75. The molecular weight excluding hydrogens is 485 g/mol. The van der Waals surface area contributed by atoms with Crippen molar-refractivity contribution < 1.29 is 24.2 Å². The smallest absolute Gasteiger partial charge is 0.335 e. The van der Waals surface area contributed by atoms with E-state index >= 15 is 0 Å². The molecule has 0 aliphatic carbocycles. The Bertz CT molecular complexity index is 1610. The second-order valence-corrected chi connectivity index (χ2v) is 9.24. The molecule has 0 saturated carbocycles. The number of carboxylic acids is 1. The van der Waals surface area contributed by atoms with Crippen LogP contribution in [-0.4, -0.2) is 27.8 Å². The van der Waals surface area contributed by atoms with Gasteiger partial charge in [0, 0.05) is 16.7 Å². The highest BCUT2D eigenvalue weighted by molar-refractivity contribution is 6.54. The molecule has 1 aliphatic heterocycles. The molecular formula is C30H24FN3O4. The Labute approximate surface area is 218 Å². The number of aromatic carboxylic acids is 1. The third-order valence-corrected chi connectivity index (χ3v) is 6.47. The average molecular weight is 510 g/mol. The minimum absolute atomic E-state index is 0.0396. The van der Waals surface area contributed by atoms with Crippen molar-refractivity contribution in [2.75, 3.05) is 10.7 Å². The summed E-state index contributed by atoms with van der Waals surface area (Å²) >= 11 is 0. The molecule has 1 heterocycles. The fourth-order valence-electron chi connectivity index (χ4n) is 4.43. The monoisotopic (exact) mass is 509 g/mol. The van der Waals surface area contributed by atoms with Gasteiger partial charge in [0.1, 0.15) is 11.6 Å². The lowest BCUT2D eigenvalue weighted by atomic mass is 9.96. The van der Waals surface area contributed by atoms with Crippen molar-refractivity contribution in [3.05, 3.63) is 101 Å². The Balaban J connectivity index is 1.49. The van der Waals surface area contributed by atoms with Gasteiger partial charge in [-0.3, -0.25) is 10.2 Å². The Morgan fingerprint density at radius 2 is 1.68 bits per heavy atom. The van der Waals surface area contributed by atoms with Crippen molar-refractivity contribution in [3.8, 4) is 28.0 Å². The number of hydrogen-bond donors (Lipinski definition) is 4. The Morgan fingerprint density at radius 1 is 0.947 bits per heavy atom. The number of nitrogens with zero attached hydrogens (tertiary/aromatic N) is 1. The van der Waals surface area contributed by atoms with Crippen LogP contribution in [0, 0.1) is 5.82 Å². The lowest BCUT2D eigenvalue weighted by molar-refractivity contribution is -0.110. The number of rotatable bonds is 6. The maximum absolute atomic E-state index is 15.0. The van der Waals surface area contributed by atoms with Crippen molar-refractivity contribution in [3.63, 3.8) is 0 Å². The molecule has 8 heteroatoms. The standard InChI is InChI=1S/C30H24FN3O4/c1-16(2)17-9-11-18(12-10-17)25-23(31)14-13-22-26(25)32-29(36)27(22)34-33-24-8-4-7-21(28(24)35)19-5-3-6-20(15-19)30(37)38/h3-16,33,35H,1-2H3,(H,37,38)(H,32,34,36). The van der Waals surface area contributed by atoms with Crippen molar-refractivity contribution in [1.29, 1.82) is 0 Å². The number of amides is 1. The minimum Gasteiger partial charge on any atom is -0.505 e. The van der Waals surface area contributed by atoms with Crippen molar-refractivity contribution in [2.45, 2.75) is 19.8 Å². The molecule has 190 valence electrons. The van der Waals surface area contributed by atoms with Crippen LogP contribution in [0.5, 0.6) is 5.75 Å². The van der Waals surface area contributed by atoms with Gasteiger partial charge in [-0.05, 0) is 52.9 Å². The fraction of sp³-hybridized carbons (Fsp3) is 0.100. The van der Waals surface area contributed by atoms with E-state index in [0.29, 0.717) is 33.9 Å². The molecule has 0 unspecified atom stereocenters. The molecule has 38 heavy (non-hydrogen) atoms. The van der Waals surface area contributed by atoms with E-state index in [1.165, 1.54) is 24.3 Å². The van der Waals surface area contributed by atoms with E-state index in [0.717, 1.165) is 5.56 Å². The first-order valence-corrected chi connectivity index (χ1v) is 12.0. The van der Waals surface area contributed by atoms with Crippen LogP contribution in [0.2, 0.25) is 0 Å². The fourth-order valence-corrected chi connectivity index (χ4v) is 4.43. The van der Waals surface area contributed by atoms with Crippen molar-refractivity contribution in [2.24, 2.45) is 5.10 Å². The van der Waals surface area contributed by atoms with Crippen LogP contribution in [0.4, 0.5) is 15.8 Å². The van der Waals surface area contributed by atoms with Crippen molar-refractivity contribution >= 4 is 29.0 Å². The molecule has 0 spiro atoms. The number of carbonyl (C=O) groups is 2. The van der Waals surface area contributed by atoms with E-state index in [1.54, 1.807) is 30.3 Å². The van der Waals surface area contributed by atoms with Gasteiger partial charge < -0.3 is 15.5 Å². The number of halogens is 1. The predicted octanol–water partition coefficient (Wildman–Crippen LogP) is 6.46. The van der Waals surface area contributed by atoms with Gasteiger partial charge in [0.15, 0.2) is 5.71 Å². The maximum Gasteiger partial charge on any atom is 0.335 e. The van der Waals surface area contributed by atoms with Crippen molar-refractivity contribution in [1.82, 2.24) is 0 Å². The highest BCUT2D eigenvalue weighted by Crippen LogP contribution is 2.39. The summed E-state index contributed by atoms with van der Waals surface area (Å²) in [6.07, 6.45) is 0. The van der Waals surface area contributed by atoms with Gasteiger partial charge in [-0.15, -0.1) is 0 Å². The van der Waals surface area contributed by atoms with Gasteiger partial charge >= 0.3 is 5.97 Å². The van der Waals surface area contributed by atoms with E-state index in [-0.39, 0.29) is 28.3 Å². The number of benzene rings is 4. The summed E-state index contributed by atoms with van der Waals surface area (Å²) < 4.78 is 15.0. The zero-order valence-electron chi connectivity index (χ0n) is 20.6. The number of anilines is 2. The van der Waals surface area contributed by atoms with Crippen LogP contribution in [0.25, 0.3) is 22.3 Å². The number of phenolic OH excluding ortho intramolecular Hbond substituents is 1. The first kappa shape index (κ1) is 24.7. The van der Waals surface area contributed by atoms with E-state index in [9.17, 15) is 24.2 Å². The van der Waals surface area contributed by atoms with Gasteiger partial charge in [0.25, 0.3) is 5.91 Å². The number of hydrogen-bond acceptors (Lipinski definition) is 5. The molecule has 0 fully saturated rings. The minimum atomic E-state index is -1.08. The van der Waals surface area contributed by atoms with E-state index in [2.05, 4.69) is 29.7 Å². The van der Waals surface area contributed by atoms with Crippen LogP contribution in [0.3, 0.4) is 0 Å². The molecule has 0 radical (unpaired) electrons. The Hall–Kier alpha value is -4.98. The number of hydrazone groups is 1. The SMILES string of the molecule is CC(C)c1ccc(-c2c(F)ccc3c2NC(=O)C3=NNc2cccc(-c3cccc(C(=O)O)c3)c2O)cc1. The lowest BCUT2D eigenvalue weighted by Crippen LogP contribution is -2.16. The summed E-state index contributed by atoms with van der Waals surface area (Å²) in [4.78, 5) is 24.2. The number of nitrogens with one attached hydrogen (secondary N) is 2. The summed E-state index contributed by atoms with van der Waals surface area (Å²) in [7, 11) is 0. The molecule has 1 amide bonds. The van der Waals surface area contributed by atoms with Crippen LogP contribution in [-0.2, 0) is 4.79 Å². The number of phenols is 1. The molecule has 0 bridgehead atoms. The average Bonchev–Trinajstić information content (AvgIpc) is 3.22. The molecule has 1 aliphatic rings. The zero-order valence-corrected chi connectivity index (χ0v) is 20.6. The maximum atomic E-state index is 15.0. The highest BCUT2D eigenvalue weighted by atomic mass is 19.1. The topological polar surface area (TPSA) is 111 Å². The molecule has 0 atom stereocenters. The van der Waals surface area contributed by atoms with E-state index < -0.39 is 17.7 Å². The molecule has 4 aromatic carbocycles. The molecule has 5 rings (SSSR count). The second kappa shape index (κ2) is 9.82. The molecule has 7 nitrogen and oxygen atoms in total. The first-order valence-electron chi connectivity index (χ1n) is 12.0. The quantitative estimate of drug-likeness (QED) is 0.176. The molecule has 4 N–H and O–H groups in total. The lowest BCUT2D eigenvalue weighted by Gasteiger charge is -2.12. The normalized spacial score (nSPS) is 13.5. The molecule has 0 saturated heterocycles. The number of fused-ring (bicyclic) bond motifs is 1. The van der Waals surface area contributed by atoms with Crippen LogP contribution in [0.1, 0.15) is 41.3 Å². The Kier molecular flexibility index (Phi) is 6.38. The van der Waals surface area contributed by atoms with E-state index in [1.807, 2.05) is 24.3 Å². The molecule has 4 aromatic rings. The van der Waals surface area contributed by atoms with Gasteiger partial charge in [-0.2, -0.15) is 5.10 Å². The third kappa shape index (κ3) is 4.48. The molecule has 0 aromatic heterocycles. The second-order valence-electron chi connectivity index (χ2n) is 9.24. The summed E-state index contributed by atoms with van der Waals surface area (Å²) in [5.74, 6) is -1.89. The highest BCUT2D eigenvalue weighted by Gasteiger charge is 2.30. The number of carboxylic acid groups (broad SMARTS) is 1. The summed E-state index contributed by atoms with van der Waals surface area (Å²) in [6.45, 7) is 4.15. The number of aromatic hydroxyl groups is 1. The first-order chi connectivity index (χ1) is 18.2. The third-order valence-electron chi connectivity index (χ3n) is 6.47. The van der Waals surface area contributed by atoms with Gasteiger partial charge in [0.05, 0.1) is 16.9 Å². The predicted molar refractivity (Wildman–Crippen MR) is 145 cm³/mol. The van der Waals surface area contributed by atoms with Gasteiger partial charge in [-0.25, -0.2) is 9.18 Å². The van der Waals surface area contributed by atoms with Crippen LogP contribution >= 0.6 is 0 Å². The summed E-state index contributed by atoms with van der Waals surface area (Å²) in [6, 6.07) is 21.4. The Morgan fingerprint density at radius 3 is 2.39 bits per heavy atom. The number of para-hydroxylation sites is 1. The van der Waals surface area contributed by atoms with E-state index in [4.69, 9.17) is 0 Å². The van der Waals surface area contributed by atoms with Gasteiger partial charge in [-0.1, -0.05) is 62.4 Å². The largest absolute Gasteiger partial charge is 0.505 e. The summed E-state index contributed by atoms with van der Waals surface area (Å²) in [5, 5.41) is 27.1. The number of carbonyl (C=O) groups excluding carboxylic acids is 1.